The van der Waals surface area contributed by atoms with Crippen LogP contribution in [0.3, 0.4) is 0 Å². The predicted octanol–water partition coefficient (Wildman–Crippen LogP) is 3.76. The number of hydrogen-bond acceptors (Lipinski definition) is 3. The van der Waals surface area contributed by atoms with Crippen LogP contribution in [0.25, 0.3) is 0 Å². The molecule has 5 nitrogen and oxygen atoms in total. The van der Waals surface area contributed by atoms with Gasteiger partial charge in [-0.15, -0.1) is 0 Å². The van der Waals surface area contributed by atoms with Gasteiger partial charge in [0.1, 0.15) is 0 Å². The summed E-state index contributed by atoms with van der Waals surface area (Å²) >= 11 is 0. The number of amides is 1. The number of nitro groups is 1. The third kappa shape index (κ3) is 13.8. The Kier molecular flexibility index (Phi) is 9.98. The SMILES string of the molecule is CC.CC(F)(F)F.O=CNc1ccc([N+](=O)[O-])cc1. The van der Waals surface area contributed by atoms with Gasteiger partial charge in [-0.25, -0.2) is 0 Å². The van der Waals surface area contributed by atoms with Crippen LogP contribution in [-0.4, -0.2) is 17.5 Å². The standard InChI is InChI=1S/C7H6N2O3.C2H3F3.C2H6/c10-5-8-6-1-3-7(4-2-6)9(11)12;1-2(3,4)5;1-2/h1-5H,(H,8,10);1H3;1-2H3. The summed E-state index contributed by atoms with van der Waals surface area (Å²) in [5, 5.41) is 12.6. The minimum absolute atomic E-state index is 0.00597. The molecule has 19 heavy (non-hydrogen) atoms. The molecule has 1 amide bonds. The van der Waals surface area contributed by atoms with E-state index in [0.717, 1.165) is 0 Å². The van der Waals surface area contributed by atoms with E-state index < -0.39 is 11.1 Å². The van der Waals surface area contributed by atoms with E-state index in [1.807, 2.05) is 13.8 Å². The fourth-order valence-corrected chi connectivity index (χ4v) is 0.747. The maximum atomic E-state index is 10.4. The Labute approximate surface area is 108 Å². The van der Waals surface area contributed by atoms with Gasteiger partial charge in [0, 0.05) is 24.7 Å². The number of nitro benzene ring substituents is 1. The number of nitrogens with one attached hydrogen (secondary N) is 1. The maximum Gasteiger partial charge on any atom is 0.386 e. The number of rotatable bonds is 3. The molecule has 0 aliphatic carbocycles. The van der Waals surface area contributed by atoms with Gasteiger partial charge < -0.3 is 5.32 Å². The summed E-state index contributed by atoms with van der Waals surface area (Å²) in [5.41, 5.74) is 0.544. The molecule has 0 atom stereocenters. The maximum absolute atomic E-state index is 10.4. The Bertz CT molecular complexity index is 372. The number of halogens is 3. The van der Waals surface area contributed by atoms with Gasteiger partial charge in [0.05, 0.1) is 4.92 Å². The molecule has 8 heteroatoms. The van der Waals surface area contributed by atoms with Crippen LogP contribution in [0.1, 0.15) is 20.8 Å². The lowest BCUT2D eigenvalue weighted by Gasteiger charge is -1.95. The van der Waals surface area contributed by atoms with Gasteiger partial charge in [-0.3, -0.25) is 14.9 Å². The molecule has 0 aromatic heterocycles. The molecule has 0 saturated heterocycles. The Morgan fingerprint density at radius 3 is 1.84 bits per heavy atom. The summed E-state index contributed by atoms with van der Waals surface area (Å²) in [6.45, 7) is 4.19. The van der Waals surface area contributed by atoms with Crippen LogP contribution in [0.15, 0.2) is 24.3 Å². The zero-order valence-corrected chi connectivity index (χ0v) is 10.7. The van der Waals surface area contributed by atoms with E-state index in [2.05, 4.69) is 5.32 Å². The van der Waals surface area contributed by atoms with Crippen LogP contribution >= 0.6 is 0 Å². The topological polar surface area (TPSA) is 72.2 Å². The zero-order valence-electron chi connectivity index (χ0n) is 10.7. The molecule has 0 bridgehead atoms. The first-order chi connectivity index (χ1) is 8.74. The summed E-state index contributed by atoms with van der Waals surface area (Å²) in [5.74, 6) is 0. The molecule has 0 fully saturated rings. The number of carbonyl (C=O) groups excluding carboxylic acids is 1. The van der Waals surface area contributed by atoms with E-state index in [9.17, 15) is 28.1 Å². The van der Waals surface area contributed by atoms with Crippen molar-refractivity contribution in [1.82, 2.24) is 0 Å². The van der Waals surface area contributed by atoms with Crippen LogP contribution < -0.4 is 5.32 Å². The number of carbonyl (C=O) groups is 1. The van der Waals surface area contributed by atoms with E-state index in [1.165, 1.54) is 24.3 Å². The van der Waals surface area contributed by atoms with E-state index in [-0.39, 0.29) is 12.6 Å². The molecule has 1 rings (SSSR count). The van der Waals surface area contributed by atoms with E-state index in [0.29, 0.717) is 12.1 Å². The van der Waals surface area contributed by atoms with Crippen molar-refractivity contribution < 1.29 is 22.9 Å². The number of alkyl halides is 3. The molecular formula is C11H15F3N2O3. The molecule has 1 aromatic rings. The lowest BCUT2D eigenvalue weighted by molar-refractivity contribution is -0.384. The van der Waals surface area contributed by atoms with Crippen molar-refractivity contribution in [1.29, 1.82) is 0 Å². The van der Waals surface area contributed by atoms with Crippen LogP contribution in [-0.2, 0) is 4.79 Å². The molecule has 0 radical (unpaired) electrons. The van der Waals surface area contributed by atoms with Gasteiger partial charge >= 0.3 is 6.18 Å². The summed E-state index contributed by atoms with van der Waals surface area (Å²) < 4.78 is 31.1. The highest BCUT2D eigenvalue weighted by atomic mass is 19.4. The van der Waals surface area contributed by atoms with Gasteiger partial charge in [0.15, 0.2) is 0 Å². The zero-order chi connectivity index (χ0) is 15.5. The van der Waals surface area contributed by atoms with Crippen molar-refractivity contribution in [2.75, 3.05) is 5.32 Å². The Balaban J connectivity index is 0. The smallest absolute Gasteiger partial charge is 0.329 e. The van der Waals surface area contributed by atoms with Crippen LogP contribution in [0, 0.1) is 10.1 Å². The van der Waals surface area contributed by atoms with Gasteiger partial charge in [-0.2, -0.15) is 13.2 Å². The molecule has 1 N–H and O–H groups in total. The molecule has 0 spiro atoms. The third-order valence-corrected chi connectivity index (χ3v) is 1.30. The predicted molar refractivity (Wildman–Crippen MR) is 65.9 cm³/mol. The molecular weight excluding hydrogens is 265 g/mol. The minimum Gasteiger partial charge on any atom is -0.329 e. The first-order valence-corrected chi connectivity index (χ1v) is 5.25. The molecule has 0 unspecified atom stereocenters. The van der Waals surface area contributed by atoms with E-state index >= 15 is 0 Å². The van der Waals surface area contributed by atoms with Crippen molar-refractivity contribution in [2.45, 2.75) is 26.9 Å². The van der Waals surface area contributed by atoms with Gasteiger partial charge in [0.2, 0.25) is 6.41 Å². The van der Waals surface area contributed by atoms with Gasteiger partial charge in [-0.1, -0.05) is 13.8 Å². The number of non-ortho nitro benzene ring substituents is 1. The Hall–Kier alpha value is -2.12. The average Bonchev–Trinajstić information content (AvgIpc) is 2.30. The van der Waals surface area contributed by atoms with Gasteiger partial charge in [-0.05, 0) is 12.1 Å². The van der Waals surface area contributed by atoms with Gasteiger partial charge in [0.25, 0.3) is 5.69 Å². The summed E-state index contributed by atoms with van der Waals surface area (Å²) in [4.78, 5) is 19.6. The van der Waals surface area contributed by atoms with Crippen LogP contribution in [0.4, 0.5) is 24.5 Å². The monoisotopic (exact) mass is 280 g/mol. The number of hydrogen-bond donors (Lipinski definition) is 1. The fourth-order valence-electron chi connectivity index (χ4n) is 0.747. The number of nitrogens with zero attached hydrogens (tertiary/aromatic N) is 1. The summed E-state index contributed by atoms with van der Waals surface area (Å²) in [6.07, 6.45) is -3.48. The highest BCUT2D eigenvalue weighted by Crippen LogP contribution is 2.14. The van der Waals surface area contributed by atoms with Crippen LogP contribution in [0.5, 0.6) is 0 Å². The second-order valence-corrected chi connectivity index (χ2v) is 2.85. The highest BCUT2D eigenvalue weighted by Gasteiger charge is 2.15. The minimum atomic E-state index is -4.00. The molecule has 0 aliphatic rings. The number of benzene rings is 1. The second-order valence-electron chi connectivity index (χ2n) is 2.85. The van der Waals surface area contributed by atoms with Crippen molar-refractivity contribution in [3.63, 3.8) is 0 Å². The molecule has 1 aromatic carbocycles. The lowest BCUT2D eigenvalue weighted by atomic mass is 10.3. The molecule has 0 heterocycles. The lowest BCUT2D eigenvalue weighted by Crippen LogP contribution is -1.95. The van der Waals surface area contributed by atoms with Crippen LogP contribution in [0.2, 0.25) is 0 Å². The first-order valence-electron chi connectivity index (χ1n) is 5.25. The fraction of sp³-hybridized carbons (Fsp3) is 0.364. The summed E-state index contributed by atoms with van der Waals surface area (Å²) in [7, 11) is 0. The van der Waals surface area contributed by atoms with Crippen molar-refractivity contribution >= 4 is 17.8 Å². The van der Waals surface area contributed by atoms with Crippen molar-refractivity contribution in [3.05, 3.63) is 34.4 Å². The molecule has 108 valence electrons. The molecule has 0 aliphatic heterocycles. The van der Waals surface area contributed by atoms with E-state index in [4.69, 9.17) is 0 Å². The largest absolute Gasteiger partial charge is 0.386 e. The first kappa shape index (κ1) is 19.2. The van der Waals surface area contributed by atoms with E-state index in [1.54, 1.807) is 0 Å². The highest BCUT2D eigenvalue weighted by molar-refractivity contribution is 5.71. The third-order valence-electron chi connectivity index (χ3n) is 1.30. The Morgan fingerprint density at radius 2 is 1.58 bits per heavy atom. The average molecular weight is 280 g/mol. The Morgan fingerprint density at radius 1 is 1.21 bits per heavy atom. The second kappa shape index (κ2) is 9.86. The van der Waals surface area contributed by atoms with Crippen molar-refractivity contribution in [2.24, 2.45) is 0 Å². The quantitative estimate of drug-likeness (QED) is 0.520. The number of anilines is 1. The summed E-state index contributed by atoms with van der Waals surface area (Å²) in [6, 6.07) is 5.58. The molecule has 0 saturated carbocycles. The normalized spacial score (nSPS) is 9.16. The van der Waals surface area contributed by atoms with Crippen molar-refractivity contribution in [3.8, 4) is 0 Å².